The summed E-state index contributed by atoms with van der Waals surface area (Å²) in [5, 5.41) is 9.68. The number of aromatic nitrogens is 4. The first-order chi connectivity index (χ1) is 25.3. The first kappa shape index (κ1) is 27.3. The summed E-state index contributed by atoms with van der Waals surface area (Å²) in [6, 6.07) is 56.8. The summed E-state index contributed by atoms with van der Waals surface area (Å²) >= 11 is 1.74. The molecule has 0 radical (unpaired) electrons. The van der Waals surface area contributed by atoms with Crippen molar-refractivity contribution in [3.63, 3.8) is 0 Å². The van der Waals surface area contributed by atoms with Gasteiger partial charge in [-0.15, -0.1) is 11.3 Å². The van der Waals surface area contributed by atoms with Gasteiger partial charge in [-0.3, -0.25) is 4.57 Å². The Morgan fingerprint density at radius 3 is 1.88 bits per heavy atom. The van der Waals surface area contributed by atoms with Gasteiger partial charge < -0.3 is 4.40 Å². The van der Waals surface area contributed by atoms with E-state index < -0.39 is 0 Å². The fourth-order valence-corrected chi connectivity index (χ4v) is 9.61. The predicted octanol–water partition coefficient (Wildman–Crippen LogP) is 12.4. The van der Waals surface area contributed by atoms with Crippen molar-refractivity contribution >= 4 is 91.5 Å². The zero-order chi connectivity index (χ0) is 33.2. The third-order valence-corrected chi connectivity index (χ3v) is 11.7. The molecule has 5 heteroatoms. The van der Waals surface area contributed by atoms with Crippen molar-refractivity contribution in [2.75, 3.05) is 0 Å². The van der Waals surface area contributed by atoms with E-state index in [-0.39, 0.29) is 0 Å². The molecule has 0 aliphatic rings. The third-order valence-electron chi connectivity index (χ3n) is 10.7. The number of thiophene rings is 1. The van der Waals surface area contributed by atoms with Crippen LogP contribution >= 0.6 is 11.3 Å². The number of hydrogen-bond donors (Lipinski definition) is 0. The summed E-state index contributed by atoms with van der Waals surface area (Å²) in [5.41, 5.74) is 10.4. The van der Waals surface area contributed by atoms with Gasteiger partial charge >= 0.3 is 0 Å². The second-order valence-electron chi connectivity index (χ2n) is 13.4. The second-order valence-corrected chi connectivity index (χ2v) is 14.4. The Balaban J connectivity index is 1.27. The van der Waals surface area contributed by atoms with Crippen LogP contribution in [0.3, 0.4) is 0 Å². The van der Waals surface area contributed by atoms with Crippen LogP contribution in [0.5, 0.6) is 0 Å². The Hall–Kier alpha value is -6.56. The summed E-state index contributed by atoms with van der Waals surface area (Å²) in [5.74, 6) is 0.688. The zero-order valence-electron chi connectivity index (χ0n) is 27.2. The van der Waals surface area contributed by atoms with Crippen LogP contribution in [-0.2, 0) is 0 Å². The van der Waals surface area contributed by atoms with E-state index in [0.717, 1.165) is 32.5 Å². The molecular weight excluding hydrogens is 641 g/mol. The van der Waals surface area contributed by atoms with Gasteiger partial charge in [0, 0.05) is 53.4 Å². The Morgan fingerprint density at radius 1 is 0.412 bits per heavy atom. The highest BCUT2D eigenvalue weighted by molar-refractivity contribution is 7.25. The lowest BCUT2D eigenvalue weighted by atomic mass is 10.0. The summed E-state index contributed by atoms with van der Waals surface area (Å²) < 4.78 is 6.02. The Bertz CT molecular complexity index is 3350. The minimum absolute atomic E-state index is 0.688. The molecule has 5 aromatic heterocycles. The smallest absolute Gasteiger partial charge is 0.236 e. The number of fused-ring (bicyclic) bond motifs is 13. The van der Waals surface area contributed by atoms with Crippen molar-refractivity contribution in [1.29, 1.82) is 0 Å². The van der Waals surface area contributed by atoms with E-state index in [4.69, 9.17) is 9.97 Å². The quantitative estimate of drug-likeness (QED) is 0.188. The standard InChI is InChI=1S/C46H26N4S/c1-3-13-27(14-4-1)29-23-24-31-35-26-34-30-17-7-10-20-36(30)50(44(34)41-32-18-8-11-21-37(32)49(43(35)41)38(31)25-29)46-47-42(28-15-5-2-6-16-28)40-33-19-9-12-22-39(33)51-45(40)48-46/h1-26H. The maximum Gasteiger partial charge on any atom is 0.236 e. The van der Waals surface area contributed by atoms with Crippen LogP contribution in [0.4, 0.5) is 0 Å². The van der Waals surface area contributed by atoms with Gasteiger partial charge in [0.1, 0.15) is 4.83 Å². The largest absolute Gasteiger partial charge is 0.308 e. The van der Waals surface area contributed by atoms with Crippen LogP contribution < -0.4 is 0 Å². The van der Waals surface area contributed by atoms with Crippen LogP contribution in [-0.4, -0.2) is 18.9 Å². The molecule has 7 aromatic carbocycles. The first-order valence-electron chi connectivity index (χ1n) is 17.3. The summed E-state index contributed by atoms with van der Waals surface area (Å²) in [6.45, 7) is 0. The second kappa shape index (κ2) is 10.0. The van der Waals surface area contributed by atoms with E-state index >= 15 is 0 Å². The SMILES string of the molecule is c1ccc(-c2ccc3c4cc5c6ccccc6n(-c6nc(-c7ccccc7)c7c(n6)sc6ccccc67)c5c5c6ccccc6n(c3c2)c45)cc1. The molecule has 0 saturated heterocycles. The molecule has 0 fully saturated rings. The summed E-state index contributed by atoms with van der Waals surface area (Å²) in [7, 11) is 0. The normalized spacial score (nSPS) is 12.3. The molecule has 5 heterocycles. The number of para-hydroxylation sites is 2. The Kier molecular flexibility index (Phi) is 5.35. The fourth-order valence-electron chi connectivity index (χ4n) is 8.54. The van der Waals surface area contributed by atoms with E-state index in [1.807, 2.05) is 0 Å². The third kappa shape index (κ3) is 3.63. The van der Waals surface area contributed by atoms with Crippen molar-refractivity contribution in [3.05, 3.63) is 158 Å². The molecule has 236 valence electrons. The molecule has 0 saturated carbocycles. The van der Waals surface area contributed by atoms with Gasteiger partial charge in [-0.1, -0.05) is 127 Å². The van der Waals surface area contributed by atoms with Gasteiger partial charge in [0.25, 0.3) is 0 Å². The Morgan fingerprint density at radius 2 is 1.06 bits per heavy atom. The molecule has 0 spiro atoms. The van der Waals surface area contributed by atoms with Crippen molar-refractivity contribution < 1.29 is 0 Å². The topological polar surface area (TPSA) is 35.1 Å². The van der Waals surface area contributed by atoms with Crippen molar-refractivity contribution in [3.8, 4) is 28.3 Å². The molecule has 0 aliphatic heterocycles. The fraction of sp³-hybridized carbons (Fsp3) is 0. The van der Waals surface area contributed by atoms with Crippen LogP contribution in [0, 0.1) is 0 Å². The molecule has 51 heavy (non-hydrogen) atoms. The summed E-state index contributed by atoms with van der Waals surface area (Å²) in [4.78, 5) is 11.9. The van der Waals surface area contributed by atoms with E-state index in [2.05, 4.69) is 167 Å². The minimum Gasteiger partial charge on any atom is -0.308 e. The predicted molar refractivity (Wildman–Crippen MR) is 215 cm³/mol. The van der Waals surface area contributed by atoms with Crippen molar-refractivity contribution in [2.45, 2.75) is 0 Å². The highest BCUT2D eigenvalue weighted by Crippen LogP contribution is 2.47. The average molecular weight is 667 g/mol. The molecule has 0 bridgehead atoms. The maximum atomic E-state index is 5.50. The van der Waals surface area contributed by atoms with Gasteiger partial charge in [0.05, 0.1) is 33.3 Å². The lowest BCUT2D eigenvalue weighted by Gasteiger charge is -2.11. The number of nitrogens with zero attached hydrogens (tertiary/aromatic N) is 4. The van der Waals surface area contributed by atoms with Gasteiger partial charge in [0.15, 0.2) is 0 Å². The first-order valence-corrected chi connectivity index (χ1v) is 18.1. The van der Waals surface area contributed by atoms with Crippen LogP contribution in [0.1, 0.15) is 0 Å². The monoisotopic (exact) mass is 666 g/mol. The lowest BCUT2D eigenvalue weighted by molar-refractivity contribution is 1.02. The van der Waals surface area contributed by atoms with E-state index in [9.17, 15) is 0 Å². The van der Waals surface area contributed by atoms with Gasteiger partial charge in [-0.25, -0.2) is 9.97 Å². The number of rotatable bonds is 3. The van der Waals surface area contributed by atoms with Crippen molar-refractivity contribution in [1.82, 2.24) is 18.9 Å². The maximum absolute atomic E-state index is 5.50. The van der Waals surface area contributed by atoms with Gasteiger partial charge in [0.2, 0.25) is 5.95 Å². The number of hydrogen-bond acceptors (Lipinski definition) is 3. The van der Waals surface area contributed by atoms with Crippen molar-refractivity contribution in [2.24, 2.45) is 0 Å². The molecular formula is C46H26N4S. The highest BCUT2D eigenvalue weighted by Gasteiger charge is 2.26. The molecule has 0 N–H and O–H groups in total. The molecule has 12 aromatic rings. The van der Waals surface area contributed by atoms with E-state index in [0.29, 0.717) is 5.95 Å². The van der Waals surface area contributed by atoms with Crippen LogP contribution in [0.2, 0.25) is 0 Å². The molecule has 0 unspecified atom stereocenters. The minimum atomic E-state index is 0.688. The van der Waals surface area contributed by atoms with Gasteiger partial charge in [-0.05, 0) is 41.5 Å². The molecule has 4 nitrogen and oxygen atoms in total. The molecule has 0 aliphatic carbocycles. The van der Waals surface area contributed by atoms with Crippen LogP contribution in [0.25, 0.3) is 109 Å². The Labute approximate surface area is 295 Å². The average Bonchev–Trinajstić information content (AvgIpc) is 3.93. The molecule has 0 atom stereocenters. The summed E-state index contributed by atoms with van der Waals surface area (Å²) in [6.07, 6.45) is 0. The highest BCUT2D eigenvalue weighted by atomic mass is 32.1. The zero-order valence-corrected chi connectivity index (χ0v) is 28.0. The van der Waals surface area contributed by atoms with Crippen LogP contribution in [0.15, 0.2) is 158 Å². The molecule has 0 amide bonds. The van der Waals surface area contributed by atoms with Gasteiger partial charge in [-0.2, -0.15) is 0 Å². The lowest BCUT2D eigenvalue weighted by Crippen LogP contribution is -2.03. The van der Waals surface area contributed by atoms with E-state index in [1.165, 1.54) is 70.1 Å². The molecule has 12 rings (SSSR count). The van der Waals surface area contributed by atoms with E-state index in [1.54, 1.807) is 11.3 Å². The number of benzene rings is 7.